The molecule has 4 nitrogen and oxygen atoms in total. The van der Waals surface area contributed by atoms with Gasteiger partial charge in [0, 0.05) is 36.5 Å². The van der Waals surface area contributed by atoms with E-state index in [0.29, 0.717) is 18.5 Å². The first-order chi connectivity index (χ1) is 10.1. The minimum atomic E-state index is -0.104. The number of carbonyl (C=O) groups excluding carboxylic acids is 2. The van der Waals surface area contributed by atoms with Crippen LogP contribution in [0, 0.1) is 0 Å². The molecule has 1 aromatic heterocycles. The van der Waals surface area contributed by atoms with Gasteiger partial charge in [-0.1, -0.05) is 20.3 Å². The van der Waals surface area contributed by atoms with E-state index in [0.717, 1.165) is 25.8 Å². The van der Waals surface area contributed by atoms with E-state index in [1.807, 2.05) is 15.7 Å². The first-order valence-corrected chi connectivity index (χ1v) is 8.64. The summed E-state index contributed by atoms with van der Waals surface area (Å²) in [6.45, 7) is 7.50. The standard InChI is InChI=1S/C16H26N2O2S/c1-4-6-10-18(13(3)5-2)15(19)7-9-17-16(20)14-8-11-21-12-14/h8,11-13H,4-7,9-10H2,1-3H3,(H,17,20). The normalized spacial score (nSPS) is 12.0. The van der Waals surface area contributed by atoms with Crippen LogP contribution in [-0.4, -0.2) is 35.8 Å². The van der Waals surface area contributed by atoms with E-state index in [1.54, 1.807) is 6.07 Å². The first kappa shape index (κ1) is 17.7. The third kappa shape index (κ3) is 5.87. The molecule has 0 aliphatic rings. The lowest BCUT2D eigenvalue weighted by Gasteiger charge is -2.28. The molecule has 0 aliphatic heterocycles. The Morgan fingerprint density at radius 3 is 2.71 bits per heavy atom. The van der Waals surface area contributed by atoms with Gasteiger partial charge in [-0.3, -0.25) is 9.59 Å². The summed E-state index contributed by atoms with van der Waals surface area (Å²) in [6, 6.07) is 2.05. The summed E-state index contributed by atoms with van der Waals surface area (Å²) in [6.07, 6.45) is 3.42. The molecular formula is C16H26N2O2S. The van der Waals surface area contributed by atoms with Gasteiger partial charge in [-0.05, 0) is 31.2 Å². The number of rotatable bonds is 9. The number of amides is 2. The first-order valence-electron chi connectivity index (χ1n) is 7.70. The molecule has 0 saturated heterocycles. The van der Waals surface area contributed by atoms with E-state index in [2.05, 4.69) is 26.1 Å². The average Bonchev–Trinajstić information content (AvgIpc) is 3.01. The number of hydrogen-bond donors (Lipinski definition) is 1. The largest absolute Gasteiger partial charge is 0.351 e. The predicted molar refractivity (Wildman–Crippen MR) is 87.6 cm³/mol. The van der Waals surface area contributed by atoms with Crippen molar-refractivity contribution in [3.8, 4) is 0 Å². The SMILES string of the molecule is CCCCN(C(=O)CCNC(=O)c1ccsc1)C(C)CC. The van der Waals surface area contributed by atoms with Crippen LogP contribution in [0.4, 0.5) is 0 Å². The Balaban J connectivity index is 2.40. The smallest absolute Gasteiger partial charge is 0.252 e. The molecule has 0 bridgehead atoms. The van der Waals surface area contributed by atoms with Crippen LogP contribution < -0.4 is 5.32 Å². The van der Waals surface area contributed by atoms with Crippen molar-refractivity contribution in [2.75, 3.05) is 13.1 Å². The highest BCUT2D eigenvalue weighted by Gasteiger charge is 2.18. The second-order valence-electron chi connectivity index (χ2n) is 5.22. The molecule has 0 saturated carbocycles. The van der Waals surface area contributed by atoms with Gasteiger partial charge in [0.25, 0.3) is 5.91 Å². The molecule has 0 radical (unpaired) electrons. The Morgan fingerprint density at radius 1 is 1.38 bits per heavy atom. The number of nitrogens with one attached hydrogen (secondary N) is 1. The molecule has 1 rings (SSSR count). The zero-order valence-corrected chi connectivity index (χ0v) is 14.0. The van der Waals surface area contributed by atoms with Gasteiger partial charge in [0.1, 0.15) is 0 Å². The van der Waals surface area contributed by atoms with Crippen molar-refractivity contribution in [1.29, 1.82) is 0 Å². The Hall–Kier alpha value is -1.36. The zero-order chi connectivity index (χ0) is 15.7. The van der Waals surface area contributed by atoms with E-state index >= 15 is 0 Å². The molecule has 0 aliphatic carbocycles. The number of nitrogens with zero attached hydrogens (tertiary/aromatic N) is 1. The van der Waals surface area contributed by atoms with Crippen LogP contribution in [-0.2, 0) is 4.79 Å². The van der Waals surface area contributed by atoms with Crippen LogP contribution in [0.25, 0.3) is 0 Å². The van der Waals surface area contributed by atoms with E-state index in [4.69, 9.17) is 0 Å². The van der Waals surface area contributed by atoms with E-state index in [1.165, 1.54) is 11.3 Å². The fraction of sp³-hybridized carbons (Fsp3) is 0.625. The molecule has 1 heterocycles. The van der Waals surface area contributed by atoms with Gasteiger partial charge in [-0.25, -0.2) is 0 Å². The second-order valence-corrected chi connectivity index (χ2v) is 6.00. The predicted octanol–water partition coefficient (Wildman–Crippen LogP) is 3.30. The van der Waals surface area contributed by atoms with Crippen molar-refractivity contribution in [2.24, 2.45) is 0 Å². The topological polar surface area (TPSA) is 49.4 Å². The van der Waals surface area contributed by atoms with Gasteiger partial charge in [0.15, 0.2) is 0 Å². The van der Waals surface area contributed by atoms with Crippen molar-refractivity contribution < 1.29 is 9.59 Å². The molecule has 1 N–H and O–H groups in total. The maximum Gasteiger partial charge on any atom is 0.252 e. The Morgan fingerprint density at radius 2 is 2.14 bits per heavy atom. The molecule has 21 heavy (non-hydrogen) atoms. The van der Waals surface area contributed by atoms with Gasteiger partial charge in [0.05, 0.1) is 0 Å². The van der Waals surface area contributed by atoms with E-state index in [-0.39, 0.29) is 17.9 Å². The Kier molecular flexibility index (Phi) is 8.05. The maximum atomic E-state index is 12.3. The summed E-state index contributed by atoms with van der Waals surface area (Å²) in [7, 11) is 0. The van der Waals surface area contributed by atoms with Crippen LogP contribution in [0.3, 0.4) is 0 Å². The lowest BCUT2D eigenvalue weighted by molar-refractivity contribution is -0.133. The fourth-order valence-electron chi connectivity index (χ4n) is 2.06. The van der Waals surface area contributed by atoms with Gasteiger partial charge in [-0.2, -0.15) is 11.3 Å². The van der Waals surface area contributed by atoms with Gasteiger partial charge in [0.2, 0.25) is 5.91 Å². The van der Waals surface area contributed by atoms with Gasteiger partial charge >= 0.3 is 0 Å². The van der Waals surface area contributed by atoms with Crippen molar-refractivity contribution in [3.63, 3.8) is 0 Å². The van der Waals surface area contributed by atoms with Gasteiger partial charge < -0.3 is 10.2 Å². The molecule has 1 atom stereocenters. The summed E-state index contributed by atoms with van der Waals surface area (Å²) in [5, 5.41) is 6.48. The summed E-state index contributed by atoms with van der Waals surface area (Å²) >= 11 is 1.49. The monoisotopic (exact) mass is 310 g/mol. The molecular weight excluding hydrogens is 284 g/mol. The molecule has 5 heteroatoms. The number of unbranched alkanes of at least 4 members (excludes halogenated alkanes) is 1. The quantitative estimate of drug-likeness (QED) is 0.761. The molecule has 1 unspecified atom stereocenters. The van der Waals surface area contributed by atoms with E-state index < -0.39 is 0 Å². The summed E-state index contributed by atoms with van der Waals surface area (Å²) in [4.78, 5) is 26.0. The Bertz CT molecular complexity index is 431. The zero-order valence-electron chi connectivity index (χ0n) is 13.2. The van der Waals surface area contributed by atoms with Crippen molar-refractivity contribution >= 4 is 23.2 Å². The van der Waals surface area contributed by atoms with Crippen LogP contribution in [0.1, 0.15) is 56.8 Å². The molecule has 2 amide bonds. The van der Waals surface area contributed by atoms with Crippen LogP contribution in [0.5, 0.6) is 0 Å². The number of carbonyl (C=O) groups is 2. The third-order valence-electron chi connectivity index (χ3n) is 3.60. The molecule has 0 spiro atoms. The van der Waals surface area contributed by atoms with E-state index in [9.17, 15) is 9.59 Å². The highest BCUT2D eigenvalue weighted by molar-refractivity contribution is 7.08. The molecule has 118 valence electrons. The number of hydrogen-bond acceptors (Lipinski definition) is 3. The molecule has 1 aromatic rings. The maximum absolute atomic E-state index is 12.3. The lowest BCUT2D eigenvalue weighted by Crippen LogP contribution is -2.40. The fourth-order valence-corrected chi connectivity index (χ4v) is 2.70. The van der Waals surface area contributed by atoms with Crippen molar-refractivity contribution in [3.05, 3.63) is 22.4 Å². The molecule has 0 aromatic carbocycles. The minimum absolute atomic E-state index is 0.104. The highest BCUT2D eigenvalue weighted by atomic mass is 32.1. The Labute approximate surface area is 131 Å². The molecule has 0 fully saturated rings. The van der Waals surface area contributed by atoms with Crippen LogP contribution in [0.15, 0.2) is 16.8 Å². The summed E-state index contributed by atoms with van der Waals surface area (Å²) in [5.41, 5.74) is 0.664. The second kappa shape index (κ2) is 9.55. The van der Waals surface area contributed by atoms with Crippen molar-refractivity contribution in [1.82, 2.24) is 10.2 Å². The average molecular weight is 310 g/mol. The number of thiophene rings is 1. The summed E-state index contributed by atoms with van der Waals surface area (Å²) < 4.78 is 0. The minimum Gasteiger partial charge on any atom is -0.351 e. The highest BCUT2D eigenvalue weighted by Crippen LogP contribution is 2.08. The summed E-state index contributed by atoms with van der Waals surface area (Å²) in [5.74, 6) is 0.0242. The van der Waals surface area contributed by atoms with Crippen molar-refractivity contribution in [2.45, 2.75) is 52.5 Å². The van der Waals surface area contributed by atoms with Gasteiger partial charge in [-0.15, -0.1) is 0 Å². The lowest BCUT2D eigenvalue weighted by atomic mass is 10.1. The van der Waals surface area contributed by atoms with Crippen LogP contribution in [0.2, 0.25) is 0 Å². The van der Waals surface area contributed by atoms with Crippen LogP contribution >= 0.6 is 11.3 Å². The third-order valence-corrected chi connectivity index (χ3v) is 4.29.